The molecule has 1 aliphatic heterocycles. The number of nitrogens with one attached hydrogen (secondary N) is 1. The minimum absolute atomic E-state index is 0.0777. The number of likely N-dealkylation sites (tertiary alicyclic amines) is 1. The molecule has 6 nitrogen and oxygen atoms in total. The number of rotatable bonds is 5. The van der Waals surface area contributed by atoms with Crippen LogP contribution in [0.3, 0.4) is 0 Å². The van der Waals surface area contributed by atoms with Crippen molar-refractivity contribution in [2.45, 2.75) is 25.8 Å². The summed E-state index contributed by atoms with van der Waals surface area (Å²) in [5, 5.41) is 14.3. The van der Waals surface area contributed by atoms with Crippen molar-refractivity contribution in [1.29, 1.82) is 0 Å². The minimum atomic E-state index is -0.384. The molecule has 0 saturated carbocycles. The number of hydrogen-bond donors (Lipinski definition) is 1. The molecular weight excluding hydrogens is 270 g/mol. The van der Waals surface area contributed by atoms with Crippen molar-refractivity contribution < 1.29 is 9.66 Å². The summed E-state index contributed by atoms with van der Waals surface area (Å²) in [5.41, 5.74) is 0.770. The first kappa shape index (κ1) is 15.6. The second-order valence-corrected chi connectivity index (χ2v) is 5.72. The zero-order valence-electron chi connectivity index (χ0n) is 12.8. The molecule has 2 rings (SSSR count). The molecule has 1 N–H and O–H groups in total. The van der Waals surface area contributed by atoms with E-state index in [1.807, 2.05) is 0 Å². The lowest BCUT2D eigenvalue weighted by Gasteiger charge is -2.33. The molecule has 0 aliphatic carbocycles. The lowest BCUT2D eigenvalue weighted by molar-refractivity contribution is -0.384. The van der Waals surface area contributed by atoms with Crippen LogP contribution >= 0.6 is 0 Å². The Hall–Kier alpha value is -1.82. The van der Waals surface area contributed by atoms with E-state index < -0.39 is 0 Å². The highest BCUT2D eigenvalue weighted by atomic mass is 16.6. The number of nitro benzene ring substituents is 1. The van der Waals surface area contributed by atoms with E-state index in [0.717, 1.165) is 25.9 Å². The molecule has 6 heteroatoms. The molecule has 0 bridgehead atoms. The summed E-state index contributed by atoms with van der Waals surface area (Å²) < 4.78 is 5.29. The molecule has 0 spiro atoms. The van der Waals surface area contributed by atoms with Gasteiger partial charge >= 0.3 is 0 Å². The fourth-order valence-electron chi connectivity index (χ4n) is 2.81. The SMILES string of the molecule is COc1ccc([N+](=O)[O-])cc1NC(C)C1CCN(C)CC1. The molecule has 1 aliphatic rings. The summed E-state index contributed by atoms with van der Waals surface area (Å²) in [6.07, 6.45) is 2.28. The van der Waals surface area contributed by atoms with Gasteiger partial charge in [-0.05, 0) is 51.9 Å². The lowest BCUT2D eigenvalue weighted by Crippen LogP contribution is -2.37. The van der Waals surface area contributed by atoms with Crippen LogP contribution in [-0.2, 0) is 0 Å². The van der Waals surface area contributed by atoms with Gasteiger partial charge in [0.05, 0.1) is 17.7 Å². The standard InChI is InChI=1S/C15H23N3O3/c1-11(12-6-8-17(2)9-7-12)16-14-10-13(18(19)20)4-5-15(14)21-3/h4-5,10-12,16H,6-9H2,1-3H3. The molecule has 1 fully saturated rings. The highest BCUT2D eigenvalue weighted by molar-refractivity contribution is 5.62. The van der Waals surface area contributed by atoms with Crippen molar-refractivity contribution in [2.75, 3.05) is 32.6 Å². The molecule has 1 atom stereocenters. The number of anilines is 1. The summed E-state index contributed by atoms with van der Waals surface area (Å²) in [6.45, 7) is 4.33. The van der Waals surface area contributed by atoms with Gasteiger partial charge in [0.15, 0.2) is 0 Å². The van der Waals surface area contributed by atoms with Crippen molar-refractivity contribution in [3.05, 3.63) is 28.3 Å². The van der Waals surface area contributed by atoms with Crippen LogP contribution in [0.25, 0.3) is 0 Å². The number of non-ortho nitro benzene ring substituents is 1. The highest BCUT2D eigenvalue weighted by Gasteiger charge is 2.23. The van der Waals surface area contributed by atoms with Gasteiger partial charge in [0.2, 0.25) is 0 Å². The highest BCUT2D eigenvalue weighted by Crippen LogP contribution is 2.31. The van der Waals surface area contributed by atoms with Gasteiger partial charge < -0.3 is 15.0 Å². The Morgan fingerprint density at radius 3 is 2.67 bits per heavy atom. The van der Waals surface area contributed by atoms with Crippen LogP contribution in [-0.4, -0.2) is 43.1 Å². The van der Waals surface area contributed by atoms with Crippen molar-refractivity contribution in [3.63, 3.8) is 0 Å². The number of nitro groups is 1. The van der Waals surface area contributed by atoms with E-state index in [1.165, 1.54) is 6.07 Å². The van der Waals surface area contributed by atoms with Gasteiger partial charge in [0.25, 0.3) is 5.69 Å². The smallest absolute Gasteiger partial charge is 0.271 e. The first-order valence-electron chi connectivity index (χ1n) is 7.28. The summed E-state index contributed by atoms with van der Waals surface area (Å²) in [5.74, 6) is 1.21. The van der Waals surface area contributed by atoms with Crippen molar-refractivity contribution >= 4 is 11.4 Å². The molecule has 1 aromatic rings. The second-order valence-electron chi connectivity index (χ2n) is 5.72. The lowest BCUT2D eigenvalue weighted by atomic mass is 9.90. The molecule has 1 aromatic carbocycles. The number of benzene rings is 1. The van der Waals surface area contributed by atoms with E-state index in [9.17, 15) is 10.1 Å². The number of ether oxygens (including phenoxy) is 1. The van der Waals surface area contributed by atoms with E-state index in [-0.39, 0.29) is 16.7 Å². The molecule has 0 radical (unpaired) electrons. The van der Waals surface area contributed by atoms with Crippen molar-refractivity contribution in [3.8, 4) is 5.75 Å². The van der Waals surface area contributed by atoms with Crippen LogP contribution in [0.5, 0.6) is 5.75 Å². The average molecular weight is 293 g/mol. The van der Waals surface area contributed by atoms with Gasteiger partial charge in [-0.1, -0.05) is 0 Å². The topological polar surface area (TPSA) is 67.6 Å². The van der Waals surface area contributed by atoms with Crippen LogP contribution in [0.4, 0.5) is 11.4 Å². The van der Waals surface area contributed by atoms with E-state index in [1.54, 1.807) is 19.2 Å². The van der Waals surface area contributed by atoms with Crippen LogP contribution in [0.2, 0.25) is 0 Å². The monoisotopic (exact) mass is 293 g/mol. The van der Waals surface area contributed by atoms with Crippen LogP contribution in [0, 0.1) is 16.0 Å². The van der Waals surface area contributed by atoms with Gasteiger partial charge in [-0.3, -0.25) is 10.1 Å². The molecule has 1 unspecified atom stereocenters. The van der Waals surface area contributed by atoms with E-state index in [2.05, 4.69) is 24.2 Å². The third-order valence-electron chi connectivity index (χ3n) is 4.25. The maximum atomic E-state index is 10.9. The molecule has 0 amide bonds. The maximum Gasteiger partial charge on any atom is 0.271 e. The Kier molecular flexibility index (Phi) is 5.01. The van der Waals surface area contributed by atoms with E-state index in [0.29, 0.717) is 17.4 Å². The van der Waals surface area contributed by atoms with Crippen LogP contribution < -0.4 is 10.1 Å². The summed E-state index contributed by atoms with van der Waals surface area (Å²) in [7, 11) is 3.71. The Morgan fingerprint density at radius 2 is 2.10 bits per heavy atom. The Labute approximate surface area is 125 Å². The molecule has 116 valence electrons. The summed E-state index contributed by atoms with van der Waals surface area (Å²) in [6, 6.07) is 4.91. The number of nitrogens with zero attached hydrogens (tertiary/aromatic N) is 2. The average Bonchev–Trinajstić information content (AvgIpc) is 2.47. The fraction of sp³-hybridized carbons (Fsp3) is 0.600. The molecule has 1 saturated heterocycles. The summed E-state index contributed by atoms with van der Waals surface area (Å²) >= 11 is 0. The number of piperidine rings is 1. The predicted octanol–water partition coefficient (Wildman–Crippen LogP) is 2.75. The largest absolute Gasteiger partial charge is 0.495 e. The second kappa shape index (κ2) is 6.76. The van der Waals surface area contributed by atoms with Gasteiger partial charge in [0.1, 0.15) is 5.75 Å². The summed E-state index contributed by atoms with van der Waals surface area (Å²) in [4.78, 5) is 12.9. The zero-order chi connectivity index (χ0) is 15.4. The van der Waals surface area contributed by atoms with Gasteiger partial charge in [-0.2, -0.15) is 0 Å². The molecular formula is C15H23N3O3. The van der Waals surface area contributed by atoms with Crippen LogP contribution in [0.15, 0.2) is 18.2 Å². The predicted molar refractivity (Wildman–Crippen MR) is 83.0 cm³/mol. The van der Waals surface area contributed by atoms with Gasteiger partial charge in [0, 0.05) is 18.2 Å². The Balaban J connectivity index is 2.10. The zero-order valence-corrected chi connectivity index (χ0v) is 12.8. The normalized spacial score (nSPS) is 18.2. The Morgan fingerprint density at radius 1 is 1.43 bits per heavy atom. The van der Waals surface area contributed by atoms with Crippen molar-refractivity contribution in [1.82, 2.24) is 4.90 Å². The first-order chi connectivity index (χ1) is 10.0. The fourth-order valence-corrected chi connectivity index (χ4v) is 2.81. The van der Waals surface area contributed by atoms with Crippen molar-refractivity contribution in [2.24, 2.45) is 5.92 Å². The van der Waals surface area contributed by atoms with Gasteiger partial charge in [-0.15, -0.1) is 0 Å². The Bertz CT molecular complexity index is 499. The third kappa shape index (κ3) is 3.85. The molecule has 1 heterocycles. The first-order valence-corrected chi connectivity index (χ1v) is 7.28. The third-order valence-corrected chi connectivity index (χ3v) is 4.25. The molecule has 0 aromatic heterocycles. The van der Waals surface area contributed by atoms with E-state index >= 15 is 0 Å². The minimum Gasteiger partial charge on any atom is -0.495 e. The van der Waals surface area contributed by atoms with E-state index in [4.69, 9.17) is 4.74 Å². The van der Waals surface area contributed by atoms with Gasteiger partial charge in [-0.25, -0.2) is 0 Å². The van der Waals surface area contributed by atoms with Crippen LogP contribution in [0.1, 0.15) is 19.8 Å². The number of methoxy groups -OCH3 is 1. The number of hydrogen-bond acceptors (Lipinski definition) is 5. The quantitative estimate of drug-likeness (QED) is 0.668. The molecule has 21 heavy (non-hydrogen) atoms. The maximum absolute atomic E-state index is 10.9.